The minimum absolute atomic E-state index is 0.0846. The van der Waals surface area contributed by atoms with Crippen LogP contribution in [0.1, 0.15) is 29.0 Å². The molecule has 3 aromatic rings. The Hall–Kier alpha value is -2.66. The predicted molar refractivity (Wildman–Crippen MR) is 104 cm³/mol. The van der Waals surface area contributed by atoms with E-state index in [9.17, 15) is 4.79 Å². The molecule has 0 aliphatic carbocycles. The van der Waals surface area contributed by atoms with Crippen LogP contribution < -0.4 is 10.1 Å². The largest absolute Gasteiger partial charge is 0.487 e. The van der Waals surface area contributed by atoms with Crippen molar-refractivity contribution < 1.29 is 9.53 Å². The number of ether oxygens (including phenoxy) is 1. The maximum absolute atomic E-state index is 12.0. The summed E-state index contributed by atoms with van der Waals surface area (Å²) in [5, 5.41) is 5.04. The molecule has 1 aromatic carbocycles. The summed E-state index contributed by atoms with van der Waals surface area (Å²) in [5.74, 6) is 0.862. The summed E-state index contributed by atoms with van der Waals surface area (Å²) >= 11 is 1.74. The molecule has 26 heavy (non-hydrogen) atoms. The minimum Gasteiger partial charge on any atom is -0.487 e. The number of carbonyl (C=O) groups excluding carboxylic acids is 1. The number of benzene rings is 1. The Kier molecular flexibility index (Phi) is 6.79. The second-order valence-electron chi connectivity index (χ2n) is 5.97. The van der Waals surface area contributed by atoms with Gasteiger partial charge in [0.05, 0.1) is 5.69 Å². The van der Waals surface area contributed by atoms with Crippen molar-refractivity contribution in [2.75, 3.05) is 0 Å². The SMILES string of the molecule is O=C(CCCc1cccs1)NCc1cccc(OCc2ccccn2)c1. The summed E-state index contributed by atoms with van der Waals surface area (Å²) in [7, 11) is 0. The fourth-order valence-corrected chi connectivity index (χ4v) is 3.30. The van der Waals surface area contributed by atoms with Gasteiger partial charge in [0.25, 0.3) is 0 Å². The van der Waals surface area contributed by atoms with Crippen LogP contribution in [-0.4, -0.2) is 10.9 Å². The lowest BCUT2D eigenvalue weighted by atomic mass is 10.2. The Labute approximate surface area is 157 Å². The number of nitrogens with zero attached hydrogens (tertiary/aromatic N) is 1. The molecule has 5 heteroatoms. The lowest BCUT2D eigenvalue weighted by Crippen LogP contribution is -2.22. The average Bonchev–Trinajstić information content (AvgIpc) is 3.19. The molecule has 0 saturated heterocycles. The normalized spacial score (nSPS) is 10.5. The van der Waals surface area contributed by atoms with E-state index in [1.807, 2.05) is 48.5 Å². The van der Waals surface area contributed by atoms with Crippen LogP contribution in [0.15, 0.2) is 66.2 Å². The van der Waals surface area contributed by atoms with E-state index in [1.54, 1.807) is 17.5 Å². The molecule has 1 amide bonds. The van der Waals surface area contributed by atoms with Crippen LogP contribution in [-0.2, 0) is 24.4 Å². The third kappa shape index (κ3) is 6.01. The van der Waals surface area contributed by atoms with Crippen molar-refractivity contribution in [3.05, 3.63) is 82.3 Å². The summed E-state index contributed by atoms with van der Waals surface area (Å²) in [6, 6.07) is 17.7. The van der Waals surface area contributed by atoms with Crippen molar-refractivity contribution in [2.45, 2.75) is 32.4 Å². The molecule has 2 aromatic heterocycles. The van der Waals surface area contributed by atoms with E-state index in [0.29, 0.717) is 19.6 Å². The Morgan fingerprint density at radius 1 is 1.12 bits per heavy atom. The number of rotatable bonds is 9. The third-order valence-electron chi connectivity index (χ3n) is 3.91. The number of hydrogen-bond acceptors (Lipinski definition) is 4. The molecule has 0 radical (unpaired) electrons. The number of aryl methyl sites for hydroxylation is 1. The number of hydrogen-bond donors (Lipinski definition) is 1. The number of carbonyl (C=O) groups is 1. The van der Waals surface area contributed by atoms with Gasteiger partial charge >= 0.3 is 0 Å². The molecule has 0 fully saturated rings. The van der Waals surface area contributed by atoms with Crippen LogP contribution in [0.2, 0.25) is 0 Å². The minimum atomic E-state index is 0.0846. The van der Waals surface area contributed by atoms with Crippen LogP contribution in [0, 0.1) is 0 Å². The fourth-order valence-electron chi connectivity index (χ4n) is 2.55. The Morgan fingerprint density at radius 3 is 2.88 bits per heavy atom. The van der Waals surface area contributed by atoms with Crippen LogP contribution >= 0.6 is 11.3 Å². The van der Waals surface area contributed by atoms with E-state index >= 15 is 0 Å². The smallest absolute Gasteiger partial charge is 0.220 e. The number of thiophene rings is 1. The quantitative estimate of drug-likeness (QED) is 0.612. The average molecular weight is 366 g/mol. The number of nitrogens with one attached hydrogen (secondary N) is 1. The van der Waals surface area contributed by atoms with Crippen molar-refractivity contribution in [3.8, 4) is 5.75 Å². The number of aromatic nitrogens is 1. The van der Waals surface area contributed by atoms with Gasteiger partial charge in [-0.2, -0.15) is 0 Å². The molecule has 0 aliphatic rings. The molecule has 0 saturated carbocycles. The molecule has 0 aliphatic heterocycles. The lowest BCUT2D eigenvalue weighted by Gasteiger charge is -2.09. The second kappa shape index (κ2) is 9.73. The van der Waals surface area contributed by atoms with Crippen LogP contribution in [0.25, 0.3) is 0 Å². The topological polar surface area (TPSA) is 51.2 Å². The summed E-state index contributed by atoms with van der Waals surface area (Å²) in [6.45, 7) is 0.942. The van der Waals surface area contributed by atoms with Crippen molar-refractivity contribution in [2.24, 2.45) is 0 Å². The molecule has 0 bridgehead atoms. The van der Waals surface area contributed by atoms with Gasteiger partial charge in [-0.15, -0.1) is 11.3 Å². The zero-order chi connectivity index (χ0) is 18.0. The standard InChI is InChI=1S/C21H22N2O2S/c24-21(11-4-9-20-10-5-13-26-20)23-15-17-6-3-8-19(14-17)25-16-18-7-1-2-12-22-18/h1-3,5-8,10,12-14H,4,9,11,15-16H2,(H,23,24). The lowest BCUT2D eigenvalue weighted by molar-refractivity contribution is -0.121. The fraction of sp³-hybridized carbons (Fsp3) is 0.238. The van der Waals surface area contributed by atoms with E-state index in [2.05, 4.69) is 21.7 Å². The molecule has 0 unspecified atom stereocenters. The Balaban J connectivity index is 1.40. The monoisotopic (exact) mass is 366 g/mol. The maximum atomic E-state index is 12.0. The van der Waals surface area contributed by atoms with Crippen LogP contribution in [0.3, 0.4) is 0 Å². The van der Waals surface area contributed by atoms with Gasteiger partial charge < -0.3 is 10.1 Å². The van der Waals surface area contributed by atoms with Gasteiger partial charge in [0.15, 0.2) is 0 Å². The first kappa shape index (κ1) is 18.1. The summed E-state index contributed by atoms with van der Waals surface area (Å²) in [4.78, 5) is 17.6. The van der Waals surface area contributed by atoms with Crippen molar-refractivity contribution in [3.63, 3.8) is 0 Å². The van der Waals surface area contributed by atoms with Gasteiger partial charge in [-0.1, -0.05) is 24.3 Å². The predicted octanol–water partition coefficient (Wildman–Crippen LogP) is 4.36. The highest BCUT2D eigenvalue weighted by atomic mass is 32.1. The highest BCUT2D eigenvalue weighted by Gasteiger charge is 2.04. The highest BCUT2D eigenvalue weighted by Crippen LogP contribution is 2.15. The molecular formula is C21H22N2O2S. The van der Waals surface area contributed by atoms with Gasteiger partial charge in [-0.3, -0.25) is 9.78 Å². The van der Waals surface area contributed by atoms with Crippen molar-refractivity contribution in [1.82, 2.24) is 10.3 Å². The highest BCUT2D eigenvalue weighted by molar-refractivity contribution is 7.09. The molecule has 3 rings (SSSR count). The van der Waals surface area contributed by atoms with Crippen LogP contribution in [0.4, 0.5) is 0 Å². The first-order valence-electron chi connectivity index (χ1n) is 8.70. The first-order chi connectivity index (χ1) is 12.8. The first-order valence-corrected chi connectivity index (χ1v) is 9.58. The van der Waals surface area contributed by atoms with Crippen molar-refractivity contribution >= 4 is 17.2 Å². The Morgan fingerprint density at radius 2 is 2.08 bits per heavy atom. The molecule has 1 N–H and O–H groups in total. The van der Waals surface area contributed by atoms with Gasteiger partial charge in [-0.25, -0.2) is 0 Å². The zero-order valence-electron chi connectivity index (χ0n) is 14.6. The van der Waals surface area contributed by atoms with E-state index in [1.165, 1.54) is 4.88 Å². The maximum Gasteiger partial charge on any atom is 0.220 e. The zero-order valence-corrected chi connectivity index (χ0v) is 15.4. The van der Waals surface area contributed by atoms with E-state index in [0.717, 1.165) is 29.8 Å². The molecule has 0 spiro atoms. The third-order valence-corrected chi connectivity index (χ3v) is 4.84. The van der Waals surface area contributed by atoms with Gasteiger partial charge in [0.1, 0.15) is 12.4 Å². The summed E-state index contributed by atoms with van der Waals surface area (Å²) in [5.41, 5.74) is 1.91. The van der Waals surface area contributed by atoms with Crippen LogP contribution in [0.5, 0.6) is 5.75 Å². The molecule has 2 heterocycles. The number of amides is 1. The van der Waals surface area contributed by atoms with Gasteiger partial charge in [0, 0.05) is 24.0 Å². The van der Waals surface area contributed by atoms with E-state index in [-0.39, 0.29) is 5.91 Å². The second-order valence-corrected chi connectivity index (χ2v) is 7.00. The number of pyridine rings is 1. The van der Waals surface area contributed by atoms with Gasteiger partial charge in [-0.05, 0) is 54.1 Å². The van der Waals surface area contributed by atoms with E-state index in [4.69, 9.17) is 4.74 Å². The molecule has 4 nitrogen and oxygen atoms in total. The van der Waals surface area contributed by atoms with Crippen molar-refractivity contribution in [1.29, 1.82) is 0 Å². The molecule has 0 atom stereocenters. The Bertz CT molecular complexity index is 804. The summed E-state index contributed by atoms with van der Waals surface area (Å²) in [6.07, 6.45) is 4.14. The van der Waals surface area contributed by atoms with E-state index < -0.39 is 0 Å². The summed E-state index contributed by atoms with van der Waals surface area (Å²) < 4.78 is 5.77. The molecular weight excluding hydrogens is 344 g/mol. The molecule has 134 valence electrons. The van der Waals surface area contributed by atoms with Gasteiger partial charge in [0.2, 0.25) is 5.91 Å².